The Labute approximate surface area is 111 Å². The molecule has 1 fully saturated rings. The lowest BCUT2D eigenvalue weighted by Gasteiger charge is -2.35. The molecule has 3 rings (SSSR count). The molecule has 0 spiro atoms. The van der Waals surface area contributed by atoms with Crippen molar-refractivity contribution in [1.29, 1.82) is 0 Å². The van der Waals surface area contributed by atoms with Gasteiger partial charge in [0.1, 0.15) is 0 Å². The normalized spacial score (nSPS) is 19.4. The quantitative estimate of drug-likeness (QED) is 0.848. The van der Waals surface area contributed by atoms with Gasteiger partial charge in [0.2, 0.25) is 0 Å². The Bertz CT molecular complexity index is 538. The number of carbonyl (C=O) groups is 1. The van der Waals surface area contributed by atoms with Gasteiger partial charge < -0.3 is 10.2 Å². The number of amides is 1. The number of H-pyrrole nitrogens is 1. The van der Waals surface area contributed by atoms with Gasteiger partial charge in [0.15, 0.2) is 0 Å². The molecule has 1 unspecified atom stereocenters. The summed E-state index contributed by atoms with van der Waals surface area (Å²) in [6.07, 6.45) is 3.63. The number of aromatic amines is 1. The first kappa shape index (κ1) is 11.9. The monoisotopic (exact) mass is 256 g/mol. The zero-order valence-electron chi connectivity index (χ0n) is 10.5. The van der Waals surface area contributed by atoms with Crippen LogP contribution in [0.15, 0.2) is 42.7 Å². The molecular weight excluding hydrogens is 240 g/mol. The van der Waals surface area contributed by atoms with Crippen molar-refractivity contribution >= 4 is 5.91 Å². The van der Waals surface area contributed by atoms with Crippen LogP contribution >= 0.6 is 0 Å². The molecule has 98 valence electrons. The van der Waals surface area contributed by atoms with Crippen molar-refractivity contribution in [3.05, 3.63) is 53.9 Å². The molecule has 1 aliphatic heterocycles. The number of piperazine rings is 1. The van der Waals surface area contributed by atoms with Crippen molar-refractivity contribution < 1.29 is 4.79 Å². The maximum atomic E-state index is 12.6. The largest absolute Gasteiger partial charge is 0.329 e. The molecule has 0 aliphatic carbocycles. The van der Waals surface area contributed by atoms with Crippen LogP contribution in [0.25, 0.3) is 0 Å². The van der Waals surface area contributed by atoms with Crippen LogP contribution < -0.4 is 5.32 Å². The van der Waals surface area contributed by atoms with Crippen LogP contribution in [-0.4, -0.2) is 40.6 Å². The van der Waals surface area contributed by atoms with Gasteiger partial charge in [0.05, 0.1) is 12.2 Å². The van der Waals surface area contributed by atoms with Gasteiger partial charge in [-0.3, -0.25) is 9.89 Å². The van der Waals surface area contributed by atoms with Crippen molar-refractivity contribution in [2.24, 2.45) is 0 Å². The zero-order chi connectivity index (χ0) is 13.1. The number of nitrogens with one attached hydrogen (secondary N) is 2. The molecule has 0 saturated carbocycles. The molecule has 0 radical (unpaired) electrons. The molecule has 2 aromatic rings. The van der Waals surface area contributed by atoms with Crippen LogP contribution in [0.2, 0.25) is 0 Å². The minimum Gasteiger partial charge on any atom is -0.329 e. The first-order valence-corrected chi connectivity index (χ1v) is 6.41. The lowest BCUT2D eigenvalue weighted by molar-refractivity contribution is 0.0634. The van der Waals surface area contributed by atoms with Gasteiger partial charge in [0.25, 0.3) is 5.91 Å². The van der Waals surface area contributed by atoms with E-state index in [-0.39, 0.29) is 11.9 Å². The van der Waals surface area contributed by atoms with Crippen molar-refractivity contribution in [2.75, 3.05) is 19.6 Å². The average Bonchev–Trinajstić information content (AvgIpc) is 3.01. The number of nitrogens with zero attached hydrogens (tertiary/aromatic N) is 2. The van der Waals surface area contributed by atoms with Crippen molar-refractivity contribution in [1.82, 2.24) is 20.4 Å². The SMILES string of the molecule is O=C(c1ccccc1)N1CCNCC1c1cn[nH]c1. The lowest BCUT2D eigenvalue weighted by Crippen LogP contribution is -2.48. The molecule has 2 N–H and O–H groups in total. The highest BCUT2D eigenvalue weighted by atomic mass is 16.2. The van der Waals surface area contributed by atoms with Crippen LogP contribution in [0.3, 0.4) is 0 Å². The fourth-order valence-corrected chi connectivity index (χ4v) is 2.43. The molecule has 5 nitrogen and oxygen atoms in total. The average molecular weight is 256 g/mol. The molecular formula is C14H16N4O. The fraction of sp³-hybridized carbons (Fsp3) is 0.286. The van der Waals surface area contributed by atoms with E-state index in [1.54, 1.807) is 6.20 Å². The topological polar surface area (TPSA) is 61.0 Å². The predicted molar refractivity (Wildman–Crippen MR) is 71.7 cm³/mol. The summed E-state index contributed by atoms with van der Waals surface area (Å²) in [5.74, 6) is 0.0771. The molecule has 5 heteroatoms. The van der Waals surface area contributed by atoms with Crippen LogP contribution in [0.1, 0.15) is 22.0 Å². The van der Waals surface area contributed by atoms with Crippen molar-refractivity contribution in [3.63, 3.8) is 0 Å². The standard InChI is InChI=1S/C14H16N4O/c19-14(11-4-2-1-3-5-11)18-7-6-15-10-13(18)12-8-16-17-9-12/h1-5,8-9,13,15H,6-7,10H2,(H,16,17). The summed E-state index contributed by atoms with van der Waals surface area (Å²) in [5, 5.41) is 10.1. The van der Waals surface area contributed by atoms with Crippen LogP contribution in [0, 0.1) is 0 Å². The number of benzene rings is 1. The van der Waals surface area contributed by atoms with E-state index in [1.807, 2.05) is 41.4 Å². The van der Waals surface area contributed by atoms with Gasteiger partial charge in [-0.1, -0.05) is 18.2 Å². The third-order valence-corrected chi connectivity index (χ3v) is 3.43. The summed E-state index contributed by atoms with van der Waals surface area (Å²) < 4.78 is 0. The Balaban J connectivity index is 1.87. The minimum atomic E-state index is 0.0419. The summed E-state index contributed by atoms with van der Waals surface area (Å²) in [6.45, 7) is 2.30. The number of rotatable bonds is 2. The van der Waals surface area contributed by atoms with Gasteiger partial charge in [-0.15, -0.1) is 0 Å². The number of aromatic nitrogens is 2. The maximum Gasteiger partial charge on any atom is 0.254 e. The molecule has 2 heterocycles. The maximum absolute atomic E-state index is 12.6. The summed E-state index contributed by atoms with van der Waals surface area (Å²) >= 11 is 0. The van der Waals surface area contributed by atoms with E-state index in [0.29, 0.717) is 6.54 Å². The Hall–Kier alpha value is -2.14. The predicted octanol–water partition coefficient (Wildman–Crippen LogP) is 1.20. The van der Waals surface area contributed by atoms with Crippen LogP contribution in [0.4, 0.5) is 0 Å². The lowest BCUT2D eigenvalue weighted by atomic mass is 10.1. The van der Waals surface area contributed by atoms with Gasteiger partial charge in [0, 0.05) is 37.0 Å². The minimum absolute atomic E-state index is 0.0419. The molecule has 1 aromatic heterocycles. The molecule has 19 heavy (non-hydrogen) atoms. The second kappa shape index (κ2) is 5.24. The van der Waals surface area contributed by atoms with Gasteiger partial charge in [-0.2, -0.15) is 5.10 Å². The van der Waals surface area contributed by atoms with E-state index in [4.69, 9.17) is 0 Å². The fourth-order valence-electron chi connectivity index (χ4n) is 2.43. The number of hydrogen-bond donors (Lipinski definition) is 2. The molecule has 0 bridgehead atoms. The number of carbonyl (C=O) groups excluding carboxylic acids is 1. The van der Waals surface area contributed by atoms with Crippen molar-refractivity contribution in [2.45, 2.75) is 6.04 Å². The summed E-state index contributed by atoms with van der Waals surface area (Å²) in [5.41, 5.74) is 1.77. The first-order valence-electron chi connectivity index (χ1n) is 6.41. The van der Waals surface area contributed by atoms with Crippen molar-refractivity contribution in [3.8, 4) is 0 Å². The first-order chi connectivity index (χ1) is 9.36. The van der Waals surface area contributed by atoms with E-state index in [1.165, 1.54) is 0 Å². The van der Waals surface area contributed by atoms with Crippen LogP contribution in [-0.2, 0) is 0 Å². The second-order valence-electron chi connectivity index (χ2n) is 4.62. The van der Waals surface area contributed by atoms with Gasteiger partial charge >= 0.3 is 0 Å². The molecule has 1 atom stereocenters. The summed E-state index contributed by atoms with van der Waals surface area (Å²) in [7, 11) is 0. The third-order valence-electron chi connectivity index (χ3n) is 3.43. The smallest absolute Gasteiger partial charge is 0.254 e. The Morgan fingerprint density at radius 1 is 1.32 bits per heavy atom. The molecule has 1 aliphatic rings. The highest BCUT2D eigenvalue weighted by Gasteiger charge is 2.28. The summed E-state index contributed by atoms with van der Waals surface area (Å²) in [6, 6.07) is 9.46. The molecule has 1 saturated heterocycles. The summed E-state index contributed by atoms with van der Waals surface area (Å²) in [4.78, 5) is 14.5. The van der Waals surface area contributed by atoms with Crippen LogP contribution in [0.5, 0.6) is 0 Å². The van der Waals surface area contributed by atoms with Gasteiger partial charge in [-0.25, -0.2) is 0 Å². The van der Waals surface area contributed by atoms with E-state index in [2.05, 4.69) is 15.5 Å². The van der Waals surface area contributed by atoms with E-state index < -0.39 is 0 Å². The third kappa shape index (κ3) is 2.37. The van der Waals surface area contributed by atoms with Gasteiger partial charge in [-0.05, 0) is 12.1 Å². The zero-order valence-corrected chi connectivity index (χ0v) is 10.5. The second-order valence-corrected chi connectivity index (χ2v) is 4.62. The van der Waals surface area contributed by atoms with E-state index >= 15 is 0 Å². The van der Waals surface area contributed by atoms with E-state index in [0.717, 1.165) is 24.2 Å². The Morgan fingerprint density at radius 3 is 2.89 bits per heavy atom. The number of hydrogen-bond acceptors (Lipinski definition) is 3. The highest BCUT2D eigenvalue weighted by molar-refractivity contribution is 5.94. The highest BCUT2D eigenvalue weighted by Crippen LogP contribution is 2.23. The Kier molecular flexibility index (Phi) is 3.29. The van der Waals surface area contributed by atoms with E-state index in [9.17, 15) is 4.79 Å². The molecule has 1 amide bonds. The molecule has 1 aromatic carbocycles. The Morgan fingerprint density at radius 2 is 2.16 bits per heavy atom.